The number of nitrogens with one attached hydrogen (secondary N) is 1. The van der Waals surface area contributed by atoms with Gasteiger partial charge in [-0.15, -0.1) is 0 Å². The van der Waals surface area contributed by atoms with Crippen LogP contribution in [0.4, 0.5) is 10.1 Å². The lowest BCUT2D eigenvalue weighted by Gasteiger charge is -2.31. The highest BCUT2D eigenvalue weighted by molar-refractivity contribution is 5.60. The van der Waals surface area contributed by atoms with Crippen molar-refractivity contribution in [1.29, 1.82) is 0 Å². The molecular weight excluding hydrogens is 243 g/mol. The van der Waals surface area contributed by atoms with E-state index in [0.29, 0.717) is 6.10 Å². The normalized spacial score (nSPS) is 20.8. The van der Waals surface area contributed by atoms with E-state index in [9.17, 15) is 4.39 Å². The Morgan fingerprint density at radius 2 is 2.11 bits per heavy atom. The van der Waals surface area contributed by atoms with Crippen molar-refractivity contribution in [3.8, 4) is 5.75 Å². The van der Waals surface area contributed by atoms with Crippen LogP contribution in [0.5, 0.6) is 5.75 Å². The summed E-state index contributed by atoms with van der Waals surface area (Å²) in [5, 5.41) is 3.26. The van der Waals surface area contributed by atoms with E-state index in [-0.39, 0.29) is 5.82 Å². The van der Waals surface area contributed by atoms with E-state index in [0.717, 1.165) is 43.9 Å². The topological polar surface area (TPSA) is 24.5 Å². The number of hydrogen-bond donors (Lipinski definition) is 1. The highest BCUT2D eigenvalue weighted by atomic mass is 19.1. The minimum atomic E-state index is -0.208. The Morgan fingerprint density at radius 1 is 1.26 bits per heavy atom. The summed E-state index contributed by atoms with van der Waals surface area (Å²) in [5.74, 6) is 0.604. The fraction of sp³-hybridized carbons (Fsp3) is 0.533. The molecule has 103 valence electrons. The average Bonchev–Trinajstić information content (AvgIpc) is 2.95. The molecular formula is C15H20FN2O. The van der Waals surface area contributed by atoms with E-state index < -0.39 is 0 Å². The van der Waals surface area contributed by atoms with Crippen LogP contribution in [0.1, 0.15) is 25.7 Å². The van der Waals surface area contributed by atoms with Crippen LogP contribution in [-0.4, -0.2) is 25.7 Å². The number of rotatable bonds is 3. The van der Waals surface area contributed by atoms with Gasteiger partial charge in [-0.2, -0.15) is 0 Å². The predicted molar refractivity (Wildman–Crippen MR) is 73.8 cm³/mol. The van der Waals surface area contributed by atoms with Gasteiger partial charge in [0, 0.05) is 25.7 Å². The Labute approximate surface area is 113 Å². The SMILES string of the molecule is Fc1ccc(OC2CCCC2)c(N2[CH]CNCC2)c1. The largest absolute Gasteiger partial charge is 0.488 e. The van der Waals surface area contributed by atoms with Gasteiger partial charge in [0.2, 0.25) is 0 Å². The predicted octanol–water partition coefficient (Wildman–Crippen LogP) is 2.72. The fourth-order valence-corrected chi connectivity index (χ4v) is 2.79. The molecule has 0 unspecified atom stereocenters. The molecule has 1 radical (unpaired) electrons. The molecule has 1 aliphatic carbocycles. The number of hydrogen-bond acceptors (Lipinski definition) is 3. The summed E-state index contributed by atoms with van der Waals surface area (Å²) >= 11 is 0. The Balaban J connectivity index is 1.80. The highest BCUT2D eigenvalue weighted by Gasteiger charge is 2.21. The van der Waals surface area contributed by atoms with Crippen molar-refractivity contribution in [2.75, 3.05) is 24.5 Å². The van der Waals surface area contributed by atoms with E-state index in [1.807, 2.05) is 0 Å². The first-order chi connectivity index (χ1) is 9.33. The Hall–Kier alpha value is -1.29. The molecule has 1 saturated carbocycles. The number of anilines is 1. The van der Waals surface area contributed by atoms with Crippen LogP contribution < -0.4 is 15.0 Å². The third kappa shape index (κ3) is 3.00. The second kappa shape index (κ2) is 5.78. The molecule has 3 rings (SSSR count). The summed E-state index contributed by atoms with van der Waals surface area (Å²) in [7, 11) is 0. The Morgan fingerprint density at radius 3 is 2.84 bits per heavy atom. The van der Waals surface area contributed by atoms with Crippen LogP contribution in [0.3, 0.4) is 0 Å². The zero-order valence-corrected chi connectivity index (χ0v) is 11.1. The van der Waals surface area contributed by atoms with Crippen molar-refractivity contribution >= 4 is 5.69 Å². The molecule has 0 bridgehead atoms. The van der Waals surface area contributed by atoms with Crippen LogP contribution in [0.25, 0.3) is 0 Å². The third-order valence-corrected chi connectivity index (χ3v) is 3.81. The molecule has 1 N–H and O–H groups in total. The summed E-state index contributed by atoms with van der Waals surface area (Å²) in [5.41, 5.74) is 0.855. The number of nitrogens with zero attached hydrogens (tertiary/aromatic N) is 1. The molecule has 1 heterocycles. The first-order valence-corrected chi connectivity index (χ1v) is 7.10. The number of halogens is 1. The number of piperazine rings is 1. The van der Waals surface area contributed by atoms with Gasteiger partial charge in [0.25, 0.3) is 0 Å². The van der Waals surface area contributed by atoms with Gasteiger partial charge in [-0.25, -0.2) is 4.39 Å². The minimum Gasteiger partial charge on any atom is -0.488 e. The molecule has 0 atom stereocenters. The lowest BCUT2D eigenvalue weighted by Crippen LogP contribution is -2.40. The molecule has 4 heteroatoms. The summed E-state index contributed by atoms with van der Waals surface area (Å²) < 4.78 is 19.6. The average molecular weight is 263 g/mol. The Bertz CT molecular complexity index is 426. The van der Waals surface area contributed by atoms with E-state index >= 15 is 0 Å². The van der Waals surface area contributed by atoms with Gasteiger partial charge >= 0.3 is 0 Å². The summed E-state index contributed by atoms with van der Waals surface area (Å²) in [6.07, 6.45) is 5.00. The zero-order valence-electron chi connectivity index (χ0n) is 11.1. The number of ether oxygens (including phenoxy) is 1. The summed E-state index contributed by atoms with van der Waals surface area (Å²) in [4.78, 5) is 2.09. The van der Waals surface area contributed by atoms with Crippen molar-refractivity contribution in [3.05, 3.63) is 30.6 Å². The van der Waals surface area contributed by atoms with Gasteiger partial charge in [0.05, 0.1) is 18.3 Å². The maximum atomic E-state index is 13.5. The molecule has 1 aromatic rings. The fourth-order valence-electron chi connectivity index (χ4n) is 2.79. The van der Waals surface area contributed by atoms with Gasteiger partial charge in [-0.1, -0.05) is 0 Å². The third-order valence-electron chi connectivity index (χ3n) is 3.81. The van der Waals surface area contributed by atoms with Gasteiger partial charge in [-0.05, 0) is 37.8 Å². The monoisotopic (exact) mass is 263 g/mol. The van der Waals surface area contributed by atoms with Crippen molar-refractivity contribution < 1.29 is 9.13 Å². The second-order valence-corrected chi connectivity index (χ2v) is 5.22. The summed E-state index contributed by atoms with van der Waals surface area (Å²) in [6.45, 7) is 4.64. The lowest BCUT2D eigenvalue weighted by atomic mass is 10.2. The molecule has 2 fully saturated rings. The molecule has 3 nitrogen and oxygen atoms in total. The van der Waals surface area contributed by atoms with Gasteiger partial charge in [0.1, 0.15) is 11.6 Å². The van der Waals surface area contributed by atoms with Crippen LogP contribution in [0.2, 0.25) is 0 Å². The van der Waals surface area contributed by atoms with Gasteiger partial charge in [0.15, 0.2) is 0 Å². The Kier molecular flexibility index (Phi) is 3.87. The van der Waals surface area contributed by atoms with Crippen LogP contribution >= 0.6 is 0 Å². The quantitative estimate of drug-likeness (QED) is 0.907. The summed E-state index contributed by atoms with van der Waals surface area (Å²) in [6, 6.07) is 4.82. The van der Waals surface area contributed by atoms with E-state index in [1.165, 1.54) is 18.9 Å². The number of benzene rings is 1. The molecule has 0 spiro atoms. The molecule has 0 aromatic heterocycles. The molecule has 1 aliphatic heterocycles. The highest BCUT2D eigenvalue weighted by Crippen LogP contribution is 2.33. The molecule has 1 aromatic carbocycles. The maximum Gasteiger partial charge on any atom is 0.143 e. The lowest BCUT2D eigenvalue weighted by molar-refractivity contribution is 0.210. The van der Waals surface area contributed by atoms with E-state index in [1.54, 1.807) is 12.1 Å². The van der Waals surface area contributed by atoms with Gasteiger partial charge in [-0.3, -0.25) is 0 Å². The smallest absolute Gasteiger partial charge is 0.143 e. The van der Waals surface area contributed by atoms with Crippen molar-refractivity contribution in [3.63, 3.8) is 0 Å². The maximum absolute atomic E-state index is 13.5. The van der Waals surface area contributed by atoms with Crippen molar-refractivity contribution in [2.24, 2.45) is 0 Å². The van der Waals surface area contributed by atoms with Crippen LogP contribution in [-0.2, 0) is 0 Å². The van der Waals surface area contributed by atoms with E-state index in [2.05, 4.69) is 16.8 Å². The standard InChI is InChI=1S/C15H20FN2O/c16-12-5-6-15(19-13-3-1-2-4-13)14(11-12)18-9-7-17-8-10-18/h5-6,9,11,13,17H,1-4,7-8,10H2. The zero-order chi connectivity index (χ0) is 13.1. The first-order valence-electron chi connectivity index (χ1n) is 7.10. The van der Waals surface area contributed by atoms with Gasteiger partial charge < -0.3 is 15.0 Å². The van der Waals surface area contributed by atoms with E-state index in [4.69, 9.17) is 4.74 Å². The molecule has 0 amide bonds. The van der Waals surface area contributed by atoms with Crippen LogP contribution in [0.15, 0.2) is 18.2 Å². The molecule has 2 aliphatic rings. The molecule has 1 saturated heterocycles. The first kappa shape index (κ1) is 12.7. The second-order valence-electron chi connectivity index (χ2n) is 5.22. The van der Waals surface area contributed by atoms with Crippen molar-refractivity contribution in [1.82, 2.24) is 5.32 Å². The van der Waals surface area contributed by atoms with Crippen molar-refractivity contribution in [2.45, 2.75) is 31.8 Å². The minimum absolute atomic E-state index is 0.208. The molecule has 19 heavy (non-hydrogen) atoms. The van der Waals surface area contributed by atoms with Crippen LogP contribution in [0, 0.1) is 12.4 Å².